The molecule has 0 bridgehead atoms. The number of ether oxygens (including phenoxy) is 1. The Morgan fingerprint density at radius 2 is 2.08 bits per heavy atom. The quantitative estimate of drug-likeness (QED) is 0.908. The molecule has 0 saturated carbocycles. The number of carbonyl (C=O) groups excluding carboxylic acids is 1. The Morgan fingerprint density at radius 3 is 2.88 bits per heavy atom. The summed E-state index contributed by atoms with van der Waals surface area (Å²) in [4.78, 5) is 22.8. The Balaban J connectivity index is 1.55. The normalized spacial score (nSPS) is 23.6. The van der Waals surface area contributed by atoms with Crippen LogP contribution < -0.4 is 5.32 Å². The number of hydrogen-bond donors (Lipinski definition) is 1. The van der Waals surface area contributed by atoms with Crippen LogP contribution in [-0.2, 0) is 11.2 Å². The van der Waals surface area contributed by atoms with Crippen molar-refractivity contribution < 1.29 is 9.53 Å². The van der Waals surface area contributed by atoms with Crippen LogP contribution in [0.1, 0.15) is 48.3 Å². The molecule has 1 aromatic rings. The van der Waals surface area contributed by atoms with Gasteiger partial charge in [0.15, 0.2) is 0 Å². The van der Waals surface area contributed by atoms with Crippen LogP contribution in [0, 0.1) is 5.92 Å². The third kappa shape index (κ3) is 4.51. The molecule has 1 atom stereocenters. The number of rotatable bonds is 4. The molecule has 0 unspecified atom stereocenters. The summed E-state index contributed by atoms with van der Waals surface area (Å²) >= 11 is 0. The van der Waals surface area contributed by atoms with Gasteiger partial charge in [-0.25, -0.2) is 9.97 Å². The van der Waals surface area contributed by atoms with Crippen molar-refractivity contribution >= 4 is 5.91 Å². The third-order valence-electron chi connectivity index (χ3n) is 5.27. The molecule has 2 aliphatic rings. The summed E-state index contributed by atoms with van der Waals surface area (Å²) in [6, 6.07) is 2.54. The monoisotopic (exact) mass is 332 g/mol. The number of hydrogen-bond acceptors (Lipinski definition) is 5. The lowest BCUT2D eigenvalue weighted by atomic mass is 9.95. The number of carbonyl (C=O) groups is 1. The lowest BCUT2D eigenvalue weighted by molar-refractivity contribution is 0.0349. The average molecular weight is 332 g/mol. The molecule has 6 heteroatoms. The van der Waals surface area contributed by atoms with Crippen LogP contribution in [0.25, 0.3) is 0 Å². The SMILES string of the molecule is CNC(=O)c1cc(C[C@@H]2CCCN(C3CCOCC3)CC2)ncn1. The molecule has 1 amide bonds. The standard InChI is InChI=1S/C18H28N4O2/c1-19-18(23)17-12-15(20-13-21-17)11-14-3-2-7-22(8-4-14)16-5-9-24-10-6-16/h12-14,16H,2-11H2,1H3,(H,19,23)/t14-/m1/s1. The number of amides is 1. The zero-order valence-electron chi connectivity index (χ0n) is 14.5. The second kappa shape index (κ2) is 8.53. The van der Waals surface area contributed by atoms with E-state index >= 15 is 0 Å². The molecule has 1 aromatic heterocycles. The van der Waals surface area contributed by atoms with Crippen LogP contribution in [0.15, 0.2) is 12.4 Å². The van der Waals surface area contributed by atoms with Gasteiger partial charge in [0.25, 0.3) is 5.91 Å². The minimum atomic E-state index is -0.148. The first-order chi connectivity index (χ1) is 11.8. The molecule has 3 heterocycles. The van der Waals surface area contributed by atoms with Crippen LogP contribution in [-0.4, -0.2) is 60.2 Å². The zero-order chi connectivity index (χ0) is 16.8. The Labute approximate surface area is 144 Å². The Bertz CT molecular complexity index is 546. The molecule has 3 rings (SSSR count). The molecular weight excluding hydrogens is 304 g/mol. The number of nitrogens with one attached hydrogen (secondary N) is 1. The van der Waals surface area contributed by atoms with Gasteiger partial charge in [0.2, 0.25) is 0 Å². The van der Waals surface area contributed by atoms with Crippen molar-refractivity contribution in [1.29, 1.82) is 0 Å². The largest absolute Gasteiger partial charge is 0.381 e. The summed E-state index contributed by atoms with van der Waals surface area (Å²) in [5, 5.41) is 2.62. The van der Waals surface area contributed by atoms with Crippen molar-refractivity contribution in [3.8, 4) is 0 Å². The number of nitrogens with zero attached hydrogens (tertiary/aromatic N) is 3. The van der Waals surface area contributed by atoms with E-state index < -0.39 is 0 Å². The van der Waals surface area contributed by atoms with Gasteiger partial charge in [-0.15, -0.1) is 0 Å². The van der Waals surface area contributed by atoms with Gasteiger partial charge < -0.3 is 15.0 Å². The number of likely N-dealkylation sites (tertiary alicyclic amines) is 1. The van der Waals surface area contributed by atoms with Gasteiger partial charge >= 0.3 is 0 Å². The summed E-state index contributed by atoms with van der Waals surface area (Å²) in [6.07, 6.45) is 8.47. The maximum absolute atomic E-state index is 11.7. The highest BCUT2D eigenvalue weighted by molar-refractivity contribution is 5.91. The highest BCUT2D eigenvalue weighted by atomic mass is 16.5. The Hall–Kier alpha value is -1.53. The lowest BCUT2D eigenvalue weighted by Crippen LogP contribution is -2.40. The van der Waals surface area contributed by atoms with Gasteiger partial charge in [0.05, 0.1) is 0 Å². The summed E-state index contributed by atoms with van der Waals surface area (Å²) in [7, 11) is 1.63. The minimum Gasteiger partial charge on any atom is -0.381 e. The minimum absolute atomic E-state index is 0.148. The number of aromatic nitrogens is 2. The van der Waals surface area contributed by atoms with Gasteiger partial charge in [0, 0.05) is 32.0 Å². The Kier molecular flexibility index (Phi) is 6.15. The van der Waals surface area contributed by atoms with Crippen molar-refractivity contribution in [1.82, 2.24) is 20.2 Å². The Morgan fingerprint density at radius 1 is 1.25 bits per heavy atom. The molecule has 1 N–H and O–H groups in total. The first-order valence-corrected chi connectivity index (χ1v) is 9.11. The highest BCUT2D eigenvalue weighted by Crippen LogP contribution is 2.24. The molecule has 2 aliphatic heterocycles. The van der Waals surface area contributed by atoms with Gasteiger partial charge in [-0.3, -0.25) is 4.79 Å². The fourth-order valence-electron chi connectivity index (χ4n) is 3.86. The van der Waals surface area contributed by atoms with E-state index in [0.29, 0.717) is 17.7 Å². The fourth-order valence-corrected chi connectivity index (χ4v) is 3.86. The third-order valence-corrected chi connectivity index (χ3v) is 5.27. The van der Waals surface area contributed by atoms with E-state index in [2.05, 4.69) is 20.2 Å². The lowest BCUT2D eigenvalue weighted by Gasteiger charge is -2.33. The molecule has 0 aliphatic carbocycles. The predicted molar refractivity (Wildman–Crippen MR) is 91.9 cm³/mol. The molecular formula is C18H28N4O2. The topological polar surface area (TPSA) is 67.4 Å². The predicted octanol–water partition coefficient (Wildman–Crippen LogP) is 1.66. The van der Waals surface area contributed by atoms with Crippen molar-refractivity contribution in [3.05, 3.63) is 23.8 Å². The van der Waals surface area contributed by atoms with E-state index in [9.17, 15) is 4.79 Å². The van der Waals surface area contributed by atoms with E-state index in [1.165, 1.54) is 51.5 Å². The fraction of sp³-hybridized carbons (Fsp3) is 0.722. The zero-order valence-corrected chi connectivity index (χ0v) is 14.5. The molecule has 6 nitrogen and oxygen atoms in total. The molecule has 0 aromatic carbocycles. The maximum Gasteiger partial charge on any atom is 0.269 e. The van der Waals surface area contributed by atoms with Crippen LogP contribution in [0.4, 0.5) is 0 Å². The average Bonchev–Trinajstić information content (AvgIpc) is 2.87. The van der Waals surface area contributed by atoms with E-state index in [-0.39, 0.29) is 5.91 Å². The molecule has 2 fully saturated rings. The van der Waals surface area contributed by atoms with Crippen molar-refractivity contribution in [3.63, 3.8) is 0 Å². The van der Waals surface area contributed by atoms with Gasteiger partial charge in [0.1, 0.15) is 12.0 Å². The van der Waals surface area contributed by atoms with Crippen molar-refractivity contribution in [2.45, 2.75) is 44.6 Å². The maximum atomic E-state index is 11.7. The molecule has 24 heavy (non-hydrogen) atoms. The second-order valence-corrected chi connectivity index (χ2v) is 6.85. The van der Waals surface area contributed by atoms with Crippen LogP contribution >= 0.6 is 0 Å². The van der Waals surface area contributed by atoms with E-state index in [0.717, 1.165) is 25.3 Å². The summed E-state index contributed by atoms with van der Waals surface area (Å²) in [5.41, 5.74) is 1.44. The second-order valence-electron chi connectivity index (χ2n) is 6.85. The molecule has 0 radical (unpaired) electrons. The first kappa shape index (κ1) is 17.3. The summed E-state index contributed by atoms with van der Waals surface area (Å²) in [5.74, 6) is 0.493. The summed E-state index contributed by atoms with van der Waals surface area (Å²) in [6.45, 7) is 4.19. The van der Waals surface area contributed by atoms with Crippen molar-refractivity contribution in [2.24, 2.45) is 5.92 Å². The van der Waals surface area contributed by atoms with E-state index in [1.807, 2.05) is 6.07 Å². The smallest absolute Gasteiger partial charge is 0.269 e. The van der Waals surface area contributed by atoms with Gasteiger partial charge in [-0.1, -0.05) is 0 Å². The first-order valence-electron chi connectivity index (χ1n) is 9.11. The van der Waals surface area contributed by atoms with Crippen LogP contribution in [0.5, 0.6) is 0 Å². The highest BCUT2D eigenvalue weighted by Gasteiger charge is 2.25. The van der Waals surface area contributed by atoms with Gasteiger partial charge in [-0.05, 0) is 63.6 Å². The summed E-state index contributed by atoms with van der Waals surface area (Å²) < 4.78 is 5.49. The van der Waals surface area contributed by atoms with E-state index in [4.69, 9.17) is 4.74 Å². The van der Waals surface area contributed by atoms with Crippen molar-refractivity contribution in [2.75, 3.05) is 33.4 Å². The molecule has 0 spiro atoms. The van der Waals surface area contributed by atoms with Crippen LogP contribution in [0.2, 0.25) is 0 Å². The van der Waals surface area contributed by atoms with Crippen LogP contribution in [0.3, 0.4) is 0 Å². The molecule has 2 saturated heterocycles. The molecule has 132 valence electrons. The van der Waals surface area contributed by atoms with E-state index in [1.54, 1.807) is 7.05 Å². The van der Waals surface area contributed by atoms with Gasteiger partial charge in [-0.2, -0.15) is 0 Å².